The SMILES string of the molecule is Cc1nocc1C(=O)N1CCCN1C(=O)c1cnn(-c2ccccc2)c1C. The molecule has 0 bridgehead atoms. The van der Waals surface area contributed by atoms with E-state index in [-0.39, 0.29) is 11.8 Å². The van der Waals surface area contributed by atoms with Crippen LogP contribution in [0.1, 0.15) is 38.5 Å². The molecule has 0 saturated carbocycles. The molecule has 4 rings (SSSR count). The van der Waals surface area contributed by atoms with Gasteiger partial charge in [0.2, 0.25) is 0 Å². The molecule has 27 heavy (non-hydrogen) atoms. The van der Waals surface area contributed by atoms with E-state index in [1.54, 1.807) is 17.8 Å². The standard InChI is InChI=1S/C19H19N5O3/c1-13-17(12-27-21-13)19(26)23-10-6-9-22(23)18(25)16-11-20-24(14(16)2)15-7-4-3-5-8-15/h3-5,7-8,11-12H,6,9-10H2,1-2H3. The summed E-state index contributed by atoms with van der Waals surface area (Å²) in [6, 6.07) is 9.61. The third kappa shape index (κ3) is 2.88. The minimum Gasteiger partial charge on any atom is -0.364 e. The number of para-hydroxylation sites is 1. The summed E-state index contributed by atoms with van der Waals surface area (Å²) in [5.74, 6) is -0.526. The second kappa shape index (κ2) is 6.71. The number of hydrazine groups is 1. The Labute approximate surface area is 155 Å². The number of hydrogen-bond acceptors (Lipinski definition) is 5. The Balaban J connectivity index is 1.62. The normalized spacial score (nSPS) is 14.0. The minimum absolute atomic E-state index is 0.241. The predicted octanol–water partition coefficient (Wildman–Crippen LogP) is 2.38. The van der Waals surface area contributed by atoms with E-state index < -0.39 is 0 Å². The smallest absolute Gasteiger partial charge is 0.277 e. The van der Waals surface area contributed by atoms with Gasteiger partial charge in [0.1, 0.15) is 11.8 Å². The number of nitrogens with zero attached hydrogens (tertiary/aromatic N) is 5. The number of benzene rings is 1. The summed E-state index contributed by atoms with van der Waals surface area (Å²) in [4.78, 5) is 25.9. The van der Waals surface area contributed by atoms with Crippen LogP contribution >= 0.6 is 0 Å². The van der Waals surface area contributed by atoms with Crippen LogP contribution in [0.5, 0.6) is 0 Å². The highest BCUT2D eigenvalue weighted by atomic mass is 16.5. The van der Waals surface area contributed by atoms with Crippen molar-refractivity contribution in [3.63, 3.8) is 0 Å². The fourth-order valence-corrected chi connectivity index (χ4v) is 3.26. The molecule has 1 aliphatic rings. The maximum absolute atomic E-state index is 13.1. The van der Waals surface area contributed by atoms with E-state index in [1.165, 1.54) is 16.3 Å². The Morgan fingerprint density at radius 1 is 1.00 bits per heavy atom. The first-order chi connectivity index (χ1) is 13.1. The lowest BCUT2D eigenvalue weighted by atomic mass is 10.2. The van der Waals surface area contributed by atoms with E-state index in [9.17, 15) is 9.59 Å². The summed E-state index contributed by atoms with van der Waals surface area (Å²) >= 11 is 0. The van der Waals surface area contributed by atoms with Gasteiger partial charge in [0, 0.05) is 13.1 Å². The molecule has 138 valence electrons. The molecular weight excluding hydrogens is 346 g/mol. The number of aryl methyl sites for hydroxylation is 1. The zero-order chi connectivity index (χ0) is 19.0. The molecule has 8 heteroatoms. The number of rotatable bonds is 3. The first-order valence-electron chi connectivity index (χ1n) is 8.72. The second-order valence-corrected chi connectivity index (χ2v) is 6.41. The lowest BCUT2D eigenvalue weighted by molar-refractivity contribution is 0.0184. The topological polar surface area (TPSA) is 84.5 Å². The summed E-state index contributed by atoms with van der Waals surface area (Å²) in [7, 11) is 0. The van der Waals surface area contributed by atoms with Crippen molar-refractivity contribution in [2.45, 2.75) is 20.3 Å². The van der Waals surface area contributed by atoms with Crippen molar-refractivity contribution >= 4 is 11.8 Å². The van der Waals surface area contributed by atoms with Crippen LogP contribution in [0, 0.1) is 13.8 Å². The van der Waals surface area contributed by atoms with Crippen LogP contribution in [0.2, 0.25) is 0 Å². The van der Waals surface area contributed by atoms with Crippen LogP contribution in [-0.4, -0.2) is 49.9 Å². The van der Waals surface area contributed by atoms with Gasteiger partial charge in [0.05, 0.1) is 28.8 Å². The maximum atomic E-state index is 13.1. The lowest BCUT2D eigenvalue weighted by Crippen LogP contribution is -2.45. The van der Waals surface area contributed by atoms with Crippen molar-refractivity contribution in [3.05, 3.63) is 65.3 Å². The Morgan fingerprint density at radius 3 is 2.30 bits per heavy atom. The number of carbonyl (C=O) groups excluding carboxylic acids is 2. The van der Waals surface area contributed by atoms with Crippen LogP contribution < -0.4 is 0 Å². The summed E-state index contributed by atoms with van der Waals surface area (Å²) in [5.41, 5.74) is 2.95. The van der Waals surface area contributed by atoms with E-state index in [1.807, 2.05) is 37.3 Å². The van der Waals surface area contributed by atoms with Gasteiger partial charge in [0.15, 0.2) is 0 Å². The number of hydrogen-bond donors (Lipinski definition) is 0. The van der Waals surface area contributed by atoms with Crippen LogP contribution in [0.15, 0.2) is 47.3 Å². The molecule has 0 aliphatic carbocycles. The van der Waals surface area contributed by atoms with Crippen molar-refractivity contribution < 1.29 is 14.1 Å². The molecule has 3 aromatic rings. The Morgan fingerprint density at radius 2 is 1.67 bits per heavy atom. The average molecular weight is 365 g/mol. The van der Waals surface area contributed by atoms with Gasteiger partial charge in [-0.05, 0) is 32.4 Å². The van der Waals surface area contributed by atoms with E-state index in [4.69, 9.17) is 4.52 Å². The Bertz CT molecular complexity index is 992. The van der Waals surface area contributed by atoms with Gasteiger partial charge in [-0.25, -0.2) is 14.7 Å². The lowest BCUT2D eigenvalue weighted by Gasteiger charge is -2.27. The Hall–Kier alpha value is -3.42. The number of amides is 2. The van der Waals surface area contributed by atoms with Gasteiger partial charge < -0.3 is 4.52 Å². The highest BCUT2D eigenvalue weighted by Crippen LogP contribution is 2.22. The highest BCUT2D eigenvalue weighted by molar-refractivity contribution is 6.00. The molecule has 2 aromatic heterocycles. The Kier molecular flexibility index (Phi) is 4.23. The predicted molar refractivity (Wildman–Crippen MR) is 96.2 cm³/mol. The van der Waals surface area contributed by atoms with Crippen LogP contribution in [0.25, 0.3) is 5.69 Å². The monoisotopic (exact) mass is 365 g/mol. The first-order valence-corrected chi connectivity index (χ1v) is 8.72. The van der Waals surface area contributed by atoms with E-state index in [2.05, 4.69) is 10.3 Å². The molecule has 0 spiro atoms. The molecular formula is C19H19N5O3. The maximum Gasteiger partial charge on any atom is 0.277 e. The molecule has 3 heterocycles. The largest absolute Gasteiger partial charge is 0.364 e. The van der Waals surface area contributed by atoms with E-state index >= 15 is 0 Å². The summed E-state index contributed by atoms with van der Waals surface area (Å²) in [6.07, 6.45) is 3.58. The quantitative estimate of drug-likeness (QED) is 0.711. The van der Waals surface area contributed by atoms with E-state index in [0.717, 1.165) is 11.4 Å². The number of aromatic nitrogens is 3. The van der Waals surface area contributed by atoms with Gasteiger partial charge in [-0.3, -0.25) is 9.59 Å². The molecule has 1 aromatic carbocycles. The van der Waals surface area contributed by atoms with Gasteiger partial charge in [0.25, 0.3) is 11.8 Å². The summed E-state index contributed by atoms with van der Waals surface area (Å²) in [6.45, 7) is 4.50. The zero-order valence-corrected chi connectivity index (χ0v) is 15.1. The fourth-order valence-electron chi connectivity index (χ4n) is 3.26. The third-order valence-electron chi connectivity index (χ3n) is 4.72. The minimum atomic E-state index is -0.285. The van der Waals surface area contributed by atoms with Crippen LogP contribution in [0.4, 0.5) is 0 Å². The van der Waals surface area contributed by atoms with Crippen molar-refractivity contribution in [3.8, 4) is 5.69 Å². The van der Waals surface area contributed by atoms with Gasteiger partial charge >= 0.3 is 0 Å². The second-order valence-electron chi connectivity index (χ2n) is 6.41. The average Bonchev–Trinajstić information content (AvgIpc) is 3.41. The summed E-state index contributed by atoms with van der Waals surface area (Å²) in [5, 5.41) is 11.0. The van der Waals surface area contributed by atoms with Crippen LogP contribution in [-0.2, 0) is 0 Å². The zero-order valence-electron chi connectivity index (χ0n) is 15.1. The molecule has 0 N–H and O–H groups in total. The number of carbonyl (C=O) groups is 2. The molecule has 0 radical (unpaired) electrons. The third-order valence-corrected chi connectivity index (χ3v) is 4.72. The molecule has 0 unspecified atom stereocenters. The molecule has 8 nitrogen and oxygen atoms in total. The molecule has 1 saturated heterocycles. The van der Waals surface area contributed by atoms with Gasteiger partial charge in [-0.1, -0.05) is 23.4 Å². The highest BCUT2D eigenvalue weighted by Gasteiger charge is 2.34. The fraction of sp³-hybridized carbons (Fsp3) is 0.263. The van der Waals surface area contributed by atoms with Crippen molar-refractivity contribution in [1.29, 1.82) is 0 Å². The summed E-state index contributed by atoms with van der Waals surface area (Å²) < 4.78 is 6.59. The molecule has 1 aliphatic heterocycles. The van der Waals surface area contributed by atoms with Crippen molar-refractivity contribution in [1.82, 2.24) is 25.0 Å². The molecule has 0 atom stereocenters. The molecule has 1 fully saturated rings. The van der Waals surface area contributed by atoms with Gasteiger partial charge in [-0.15, -0.1) is 0 Å². The van der Waals surface area contributed by atoms with Crippen molar-refractivity contribution in [2.24, 2.45) is 0 Å². The van der Waals surface area contributed by atoms with Gasteiger partial charge in [-0.2, -0.15) is 5.10 Å². The van der Waals surface area contributed by atoms with Crippen molar-refractivity contribution in [2.75, 3.05) is 13.1 Å². The molecule has 2 amide bonds. The van der Waals surface area contributed by atoms with Crippen LogP contribution in [0.3, 0.4) is 0 Å². The van der Waals surface area contributed by atoms with E-state index in [0.29, 0.717) is 36.3 Å². The first kappa shape index (κ1) is 17.0.